The molecule has 0 aromatic rings. The third-order valence-electron chi connectivity index (χ3n) is 1.17. The summed E-state index contributed by atoms with van der Waals surface area (Å²) >= 11 is 0. The van der Waals surface area contributed by atoms with Crippen molar-refractivity contribution in [1.82, 2.24) is 0 Å². The summed E-state index contributed by atoms with van der Waals surface area (Å²) in [4.78, 5) is 19.6. The van der Waals surface area contributed by atoms with Crippen LogP contribution < -0.4 is 0 Å². The van der Waals surface area contributed by atoms with Crippen LogP contribution in [-0.2, 0) is 14.5 Å². The van der Waals surface area contributed by atoms with Gasteiger partial charge in [-0.1, -0.05) is 13.3 Å². The quantitative estimate of drug-likeness (QED) is 0.230. The van der Waals surface area contributed by atoms with Crippen molar-refractivity contribution in [3.05, 3.63) is 0 Å². The Bertz CT molecular complexity index is 155. The minimum absolute atomic E-state index is 0.433. The highest BCUT2D eigenvalue weighted by Crippen LogP contribution is 2.11. The largest absolute Gasteiger partial charge is 0.508 e. The molecule has 0 aliphatic heterocycles. The molecule has 0 saturated carbocycles. The highest BCUT2D eigenvalue weighted by Gasteiger charge is 2.24. The van der Waals surface area contributed by atoms with Crippen molar-refractivity contribution >= 4 is 6.16 Å². The Hall–Kier alpha value is -0.810. The fraction of sp³-hybridized carbons (Fsp3) is 0.875. The molecule has 0 saturated heterocycles. The Morgan fingerprint density at radius 1 is 1.46 bits per heavy atom. The van der Waals surface area contributed by atoms with Crippen molar-refractivity contribution in [2.45, 2.75) is 39.4 Å². The molecule has 0 aromatic heterocycles. The van der Waals surface area contributed by atoms with Gasteiger partial charge < -0.3 is 9.84 Å². The lowest BCUT2D eigenvalue weighted by atomic mass is 10.4. The highest BCUT2D eigenvalue weighted by molar-refractivity contribution is 5.57. The Labute approximate surface area is 77.5 Å². The average molecular weight is 192 g/mol. The first-order valence-electron chi connectivity index (χ1n) is 4.20. The average Bonchev–Trinajstić information content (AvgIpc) is 1.95. The molecule has 0 spiro atoms. The van der Waals surface area contributed by atoms with Crippen molar-refractivity contribution < 1.29 is 24.4 Å². The third-order valence-corrected chi connectivity index (χ3v) is 1.17. The number of hydrogen-bond donors (Lipinski definition) is 1. The topological polar surface area (TPSA) is 65.0 Å². The Morgan fingerprint density at radius 2 is 2.08 bits per heavy atom. The number of carbonyl (C=O) groups is 1. The predicted molar refractivity (Wildman–Crippen MR) is 45.1 cm³/mol. The van der Waals surface area contributed by atoms with Crippen LogP contribution in [0.25, 0.3) is 0 Å². The van der Waals surface area contributed by atoms with E-state index in [4.69, 9.17) is 14.9 Å². The van der Waals surface area contributed by atoms with Crippen molar-refractivity contribution in [3.8, 4) is 0 Å². The van der Waals surface area contributed by atoms with E-state index in [0.717, 1.165) is 12.8 Å². The molecule has 78 valence electrons. The molecule has 0 aromatic carbocycles. The number of ether oxygens (including phenoxy) is 1. The van der Waals surface area contributed by atoms with E-state index >= 15 is 0 Å². The molecule has 5 heteroatoms. The van der Waals surface area contributed by atoms with Crippen LogP contribution in [0.5, 0.6) is 0 Å². The molecule has 0 radical (unpaired) electrons. The molecule has 0 atom stereocenters. The van der Waals surface area contributed by atoms with Crippen LogP contribution in [0.4, 0.5) is 4.79 Å². The van der Waals surface area contributed by atoms with Gasteiger partial charge in [0.25, 0.3) is 0 Å². The minimum Gasteiger partial charge on any atom is -0.450 e. The van der Waals surface area contributed by atoms with E-state index in [-0.39, 0.29) is 0 Å². The van der Waals surface area contributed by atoms with Crippen molar-refractivity contribution in [3.63, 3.8) is 0 Å². The lowest BCUT2D eigenvalue weighted by Gasteiger charge is -2.21. The summed E-state index contributed by atoms with van der Waals surface area (Å²) in [6.45, 7) is 5.38. The van der Waals surface area contributed by atoms with Crippen LogP contribution in [-0.4, -0.2) is 23.7 Å². The molecule has 0 aliphatic carbocycles. The number of carboxylic acid groups (broad SMARTS) is 1. The predicted octanol–water partition coefficient (Wildman–Crippen LogP) is 2.17. The van der Waals surface area contributed by atoms with E-state index in [1.54, 1.807) is 0 Å². The van der Waals surface area contributed by atoms with Gasteiger partial charge in [0, 0.05) is 13.8 Å². The molecule has 0 heterocycles. The molecule has 0 bridgehead atoms. The summed E-state index contributed by atoms with van der Waals surface area (Å²) in [5, 5.41) is 8.29. The van der Waals surface area contributed by atoms with Crippen LogP contribution in [0.1, 0.15) is 33.6 Å². The zero-order chi connectivity index (χ0) is 10.3. The van der Waals surface area contributed by atoms with Crippen molar-refractivity contribution in [1.29, 1.82) is 0 Å². The van der Waals surface area contributed by atoms with Gasteiger partial charge in [-0.3, -0.25) is 0 Å². The monoisotopic (exact) mass is 192 g/mol. The van der Waals surface area contributed by atoms with E-state index in [1.807, 2.05) is 6.92 Å². The van der Waals surface area contributed by atoms with Gasteiger partial charge in [-0.2, -0.15) is 4.89 Å². The van der Waals surface area contributed by atoms with Gasteiger partial charge in [-0.25, -0.2) is 9.68 Å². The Morgan fingerprint density at radius 3 is 2.54 bits per heavy atom. The van der Waals surface area contributed by atoms with Crippen molar-refractivity contribution in [2.75, 3.05) is 6.61 Å². The Kier molecular flexibility index (Phi) is 5.41. The molecule has 0 amide bonds. The fourth-order valence-electron chi connectivity index (χ4n) is 0.614. The Balaban J connectivity index is 3.56. The zero-order valence-electron chi connectivity index (χ0n) is 8.20. The second-order valence-corrected chi connectivity index (χ2v) is 3.03. The number of hydrogen-bond acceptors (Lipinski definition) is 4. The van der Waals surface area contributed by atoms with E-state index in [1.165, 1.54) is 13.8 Å². The maximum atomic E-state index is 10.1. The van der Waals surface area contributed by atoms with E-state index < -0.39 is 11.9 Å². The second-order valence-electron chi connectivity index (χ2n) is 3.03. The lowest BCUT2D eigenvalue weighted by Crippen LogP contribution is -2.31. The SMILES string of the molecule is CCCCOOC(C)(C)OC(=O)O. The summed E-state index contributed by atoms with van der Waals surface area (Å²) in [6, 6.07) is 0. The lowest BCUT2D eigenvalue weighted by molar-refractivity contribution is -0.406. The second kappa shape index (κ2) is 5.77. The third kappa shape index (κ3) is 7.55. The van der Waals surface area contributed by atoms with Crippen LogP contribution in [0.15, 0.2) is 0 Å². The fourth-order valence-corrected chi connectivity index (χ4v) is 0.614. The maximum Gasteiger partial charge on any atom is 0.508 e. The summed E-state index contributed by atoms with van der Waals surface area (Å²) in [7, 11) is 0. The molecular weight excluding hydrogens is 176 g/mol. The molecule has 0 unspecified atom stereocenters. The highest BCUT2D eigenvalue weighted by atomic mass is 17.2. The standard InChI is InChI=1S/C8H16O5/c1-4-5-6-11-13-8(2,3)12-7(9)10/h4-6H2,1-3H3,(H,9,10). The summed E-state index contributed by atoms with van der Waals surface area (Å²) in [5.41, 5.74) is 0. The molecule has 0 fully saturated rings. The smallest absolute Gasteiger partial charge is 0.450 e. The van der Waals surface area contributed by atoms with Crippen LogP contribution in [0.2, 0.25) is 0 Å². The minimum atomic E-state index is -1.39. The van der Waals surface area contributed by atoms with Crippen LogP contribution >= 0.6 is 0 Å². The first-order chi connectivity index (χ1) is 5.98. The zero-order valence-corrected chi connectivity index (χ0v) is 8.20. The molecule has 5 nitrogen and oxygen atoms in total. The van der Waals surface area contributed by atoms with Crippen molar-refractivity contribution in [2.24, 2.45) is 0 Å². The van der Waals surface area contributed by atoms with E-state index in [0.29, 0.717) is 6.61 Å². The van der Waals surface area contributed by atoms with Gasteiger partial charge in [0.2, 0.25) is 5.79 Å². The first kappa shape index (κ1) is 12.2. The van der Waals surface area contributed by atoms with E-state index in [9.17, 15) is 4.79 Å². The first-order valence-corrected chi connectivity index (χ1v) is 4.20. The van der Waals surface area contributed by atoms with Gasteiger partial charge in [-0.05, 0) is 6.42 Å². The van der Waals surface area contributed by atoms with Crippen LogP contribution in [0.3, 0.4) is 0 Å². The maximum absolute atomic E-state index is 10.1. The molecule has 13 heavy (non-hydrogen) atoms. The summed E-state index contributed by atoms with van der Waals surface area (Å²) in [5.74, 6) is -1.25. The van der Waals surface area contributed by atoms with Gasteiger partial charge in [0.1, 0.15) is 0 Å². The van der Waals surface area contributed by atoms with Crippen LogP contribution in [0, 0.1) is 0 Å². The normalized spacial score (nSPS) is 11.3. The molecule has 0 rings (SSSR count). The molecule has 0 aliphatic rings. The van der Waals surface area contributed by atoms with Gasteiger partial charge in [0.05, 0.1) is 6.61 Å². The summed E-state index contributed by atoms with van der Waals surface area (Å²) < 4.78 is 4.39. The van der Waals surface area contributed by atoms with Gasteiger partial charge in [0.15, 0.2) is 0 Å². The van der Waals surface area contributed by atoms with E-state index in [2.05, 4.69) is 4.74 Å². The summed E-state index contributed by atoms with van der Waals surface area (Å²) in [6.07, 6.45) is 0.469. The number of rotatable bonds is 6. The molecule has 1 N–H and O–H groups in total. The molecular formula is C8H16O5. The van der Waals surface area contributed by atoms with Gasteiger partial charge >= 0.3 is 6.16 Å². The van der Waals surface area contributed by atoms with Gasteiger partial charge in [-0.15, -0.1) is 0 Å². The number of unbranched alkanes of at least 4 members (excludes halogenated alkanes) is 1.